The van der Waals surface area contributed by atoms with Crippen molar-refractivity contribution in [1.82, 2.24) is 14.8 Å². The molecule has 3 aromatic carbocycles. The number of methoxy groups -OCH3 is 1. The number of anilines is 1. The molecule has 1 saturated heterocycles. The first-order chi connectivity index (χ1) is 26.2. The summed E-state index contributed by atoms with van der Waals surface area (Å²) in [5.74, 6) is -2.07. The van der Waals surface area contributed by atoms with Gasteiger partial charge in [0.2, 0.25) is 17.7 Å². The van der Waals surface area contributed by atoms with Crippen LogP contribution in [0.25, 0.3) is 22.2 Å². The number of Topliss-reactive ketones (excluding diaryl/α,β-unsaturated/α-hetero) is 1. The molecule has 2 heterocycles. The second-order valence-corrected chi connectivity index (χ2v) is 14.1. The van der Waals surface area contributed by atoms with Gasteiger partial charge in [0.15, 0.2) is 11.8 Å². The van der Waals surface area contributed by atoms with E-state index in [4.69, 9.17) is 4.74 Å². The van der Waals surface area contributed by atoms with Gasteiger partial charge in [0, 0.05) is 55.0 Å². The molecule has 0 saturated carbocycles. The molecule has 5 rings (SSSR count). The van der Waals surface area contributed by atoms with E-state index in [1.807, 2.05) is 60.7 Å². The van der Waals surface area contributed by atoms with Crippen molar-refractivity contribution in [3.8, 4) is 17.0 Å². The average Bonchev–Trinajstić information content (AvgIpc) is 3.68. The third-order valence-electron chi connectivity index (χ3n) is 10.2. The number of amides is 4. The lowest BCUT2D eigenvalue weighted by atomic mass is 9.95. The van der Waals surface area contributed by atoms with Crippen LogP contribution in [0, 0.1) is 0 Å². The van der Waals surface area contributed by atoms with Gasteiger partial charge in [0.25, 0.3) is 5.91 Å². The van der Waals surface area contributed by atoms with Gasteiger partial charge in [-0.3, -0.25) is 28.9 Å². The quantitative estimate of drug-likeness (QED) is 0.0384. The summed E-state index contributed by atoms with van der Waals surface area (Å²) in [6.45, 7) is 4.41. The fourth-order valence-corrected chi connectivity index (χ4v) is 7.45. The maximum absolute atomic E-state index is 15.1. The van der Waals surface area contributed by atoms with E-state index in [-0.39, 0.29) is 30.9 Å². The molecular formula is C44H54N4O6. The molecule has 1 aliphatic rings. The maximum atomic E-state index is 15.1. The molecule has 2 N–H and O–H groups in total. The van der Waals surface area contributed by atoms with E-state index in [1.54, 1.807) is 19.2 Å². The van der Waals surface area contributed by atoms with Gasteiger partial charge in [-0.1, -0.05) is 113 Å². The lowest BCUT2D eigenvalue weighted by molar-refractivity contribution is -0.145. The minimum absolute atomic E-state index is 0.0662. The lowest BCUT2D eigenvalue weighted by Crippen LogP contribution is -2.54. The van der Waals surface area contributed by atoms with Crippen LogP contribution in [0.4, 0.5) is 5.69 Å². The highest BCUT2D eigenvalue weighted by Gasteiger charge is 2.45. The molecule has 0 aliphatic carbocycles. The first-order valence-electron chi connectivity index (χ1n) is 19.5. The van der Waals surface area contributed by atoms with E-state index in [0.717, 1.165) is 40.8 Å². The third kappa shape index (κ3) is 9.83. The highest BCUT2D eigenvalue weighted by atomic mass is 16.5. The van der Waals surface area contributed by atoms with Crippen LogP contribution >= 0.6 is 0 Å². The number of hydrogen-bond acceptors (Lipinski definition) is 6. The van der Waals surface area contributed by atoms with Gasteiger partial charge in [-0.25, -0.2) is 0 Å². The van der Waals surface area contributed by atoms with Crippen molar-refractivity contribution in [2.75, 3.05) is 19.0 Å². The number of hydrogen-bond donors (Lipinski definition) is 2. The molecule has 1 fully saturated rings. The summed E-state index contributed by atoms with van der Waals surface area (Å²) in [5.41, 5.74) is 3.89. The molecule has 0 radical (unpaired) electrons. The van der Waals surface area contributed by atoms with Crippen LogP contribution in [0.15, 0.2) is 72.8 Å². The first kappa shape index (κ1) is 39.9. The number of likely N-dealkylation sites (tertiary alicyclic amines) is 1. The van der Waals surface area contributed by atoms with Crippen LogP contribution in [0.3, 0.4) is 0 Å². The smallest absolute Gasteiger partial charge is 0.251 e. The number of ketones is 1. The van der Waals surface area contributed by atoms with Gasteiger partial charge < -0.3 is 19.9 Å². The molecule has 54 heavy (non-hydrogen) atoms. The van der Waals surface area contributed by atoms with Crippen LogP contribution in [-0.4, -0.2) is 58.6 Å². The maximum Gasteiger partial charge on any atom is 0.251 e. The fraction of sp³-hybridized carbons (Fsp3) is 0.432. The highest BCUT2D eigenvalue weighted by Crippen LogP contribution is 2.37. The van der Waals surface area contributed by atoms with Crippen LogP contribution in [0.1, 0.15) is 107 Å². The zero-order valence-corrected chi connectivity index (χ0v) is 32.0. The molecule has 1 atom stereocenters. The van der Waals surface area contributed by atoms with Crippen molar-refractivity contribution >= 4 is 46.0 Å². The second-order valence-electron chi connectivity index (χ2n) is 14.1. The molecule has 0 spiro atoms. The Morgan fingerprint density at radius 1 is 0.796 bits per heavy atom. The van der Waals surface area contributed by atoms with Crippen LogP contribution in [0.5, 0.6) is 5.75 Å². The third-order valence-corrected chi connectivity index (χ3v) is 10.2. The highest BCUT2D eigenvalue weighted by molar-refractivity contribution is 6.25. The molecule has 1 aromatic heterocycles. The average molecular weight is 735 g/mol. The van der Waals surface area contributed by atoms with Crippen LogP contribution < -0.4 is 15.4 Å². The molecule has 4 aromatic rings. The summed E-state index contributed by atoms with van der Waals surface area (Å²) in [7, 11) is 1.59. The van der Waals surface area contributed by atoms with E-state index in [2.05, 4.69) is 22.1 Å². The molecule has 286 valence electrons. The second kappa shape index (κ2) is 19.7. The molecule has 10 nitrogen and oxygen atoms in total. The number of rotatable bonds is 21. The Bertz CT molecular complexity index is 1930. The SMILES string of the molecule is CCCCCCCCCCCCn1c(-c2cccc(OC)c2)c(C(=O)C(C(=O)NCCc2ccccc2NC(C)=O)N2C(=O)CCC2=O)c2ccccc21. The number of aromatic nitrogens is 1. The van der Waals surface area contributed by atoms with Gasteiger partial charge in [-0.15, -0.1) is 0 Å². The Hall–Kier alpha value is -5.25. The zero-order chi connectivity index (χ0) is 38.5. The van der Waals surface area contributed by atoms with Crippen molar-refractivity contribution in [2.24, 2.45) is 0 Å². The molecule has 0 bridgehead atoms. The van der Waals surface area contributed by atoms with Crippen molar-refractivity contribution in [2.45, 2.75) is 110 Å². The summed E-state index contributed by atoms with van der Waals surface area (Å²) >= 11 is 0. The Kier molecular flexibility index (Phi) is 14.6. The first-order valence-corrected chi connectivity index (χ1v) is 19.5. The Morgan fingerprint density at radius 2 is 1.44 bits per heavy atom. The number of ether oxygens (including phenoxy) is 1. The number of imide groups is 1. The number of aryl methyl sites for hydroxylation is 1. The number of fused-ring (bicyclic) bond motifs is 1. The van der Waals surface area contributed by atoms with Gasteiger partial charge in [-0.2, -0.15) is 0 Å². The fourth-order valence-electron chi connectivity index (χ4n) is 7.45. The van der Waals surface area contributed by atoms with E-state index < -0.39 is 29.5 Å². The minimum Gasteiger partial charge on any atom is -0.497 e. The number of nitrogens with zero attached hydrogens (tertiary/aromatic N) is 2. The topological polar surface area (TPSA) is 127 Å². The normalized spacial score (nSPS) is 13.4. The number of carbonyl (C=O) groups is 5. The number of para-hydroxylation sites is 2. The van der Waals surface area contributed by atoms with E-state index in [0.29, 0.717) is 35.5 Å². The van der Waals surface area contributed by atoms with E-state index in [9.17, 15) is 19.2 Å². The van der Waals surface area contributed by atoms with E-state index >= 15 is 4.79 Å². The van der Waals surface area contributed by atoms with Crippen molar-refractivity contribution in [1.29, 1.82) is 0 Å². The van der Waals surface area contributed by atoms with E-state index in [1.165, 1.54) is 51.9 Å². The molecular weight excluding hydrogens is 681 g/mol. The molecule has 4 amide bonds. The lowest BCUT2D eigenvalue weighted by Gasteiger charge is -2.25. The number of unbranched alkanes of at least 4 members (excludes halogenated alkanes) is 9. The van der Waals surface area contributed by atoms with Crippen molar-refractivity contribution < 1.29 is 28.7 Å². The minimum atomic E-state index is -1.70. The summed E-state index contributed by atoms with van der Waals surface area (Å²) in [5, 5.41) is 6.29. The monoisotopic (exact) mass is 734 g/mol. The van der Waals surface area contributed by atoms with Gasteiger partial charge in [0.05, 0.1) is 18.4 Å². The largest absolute Gasteiger partial charge is 0.497 e. The molecule has 1 aliphatic heterocycles. The van der Waals surface area contributed by atoms with Crippen LogP contribution in [0.2, 0.25) is 0 Å². The summed E-state index contributed by atoms with van der Waals surface area (Å²) in [6.07, 6.45) is 12.1. The molecule has 1 unspecified atom stereocenters. The number of carbonyl (C=O) groups excluding carboxylic acids is 5. The standard InChI is InChI=1S/C44H54N4O6/c1-4-5-6-7-8-9-10-11-12-17-29-47-37-24-16-14-22-35(37)40(41(47)33-20-18-21-34(30-33)54-3)43(52)42(48-38(50)25-26-39(48)51)44(53)45-28-27-32-19-13-15-23-36(32)46-31(2)49/h13-16,18-24,30,42H,4-12,17,25-29H2,1-3H3,(H,45,53)(H,46,49). The van der Waals surface area contributed by atoms with Gasteiger partial charge in [-0.05, 0) is 42.7 Å². The van der Waals surface area contributed by atoms with Gasteiger partial charge in [0.1, 0.15) is 5.75 Å². The number of benzene rings is 3. The number of nitrogens with one attached hydrogen (secondary N) is 2. The van der Waals surface area contributed by atoms with Gasteiger partial charge >= 0.3 is 0 Å². The summed E-state index contributed by atoms with van der Waals surface area (Å²) < 4.78 is 7.73. The zero-order valence-electron chi connectivity index (χ0n) is 32.0. The Labute approximate surface area is 318 Å². The predicted octanol–water partition coefficient (Wildman–Crippen LogP) is 8.26. The van der Waals surface area contributed by atoms with Crippen molar-refractivity contribution in [3.05, 3.63) is 83.9 Å². The molecule has 10 heteroatoms. The predicted molar refractivity (Wildman–Crippen MR) is 212 cm³/mol. The van der Waals surface area contributed by atoms with Crippen LogP contribution in [-0.2, 0) is 32.1 Å². The Balaban J connectivity index is 1.47. The summed E-state index contributed by atoms with van der Waals surface area (Å²) in [6, 6.07) is 20.7. The Morgan fingerprint density at radius 3 is 2.13 bits per heavy atom. The summed E-state index contributed by atoms with van der Waals surface area (Å²) in [4.78, 5) is 68.4. The van der Waals surface area contributed by atoms with Crippen molar-refractivity contribution in [3.63, 3.8) is 0 Å².